The van der Waals surface area contributed by atoms with Gasteiger partial charge in [-0.05, 0) is 98.8 Å². The van der Waals surface area contributed by atoms with Gasteiger partial charge in [0.2, 0.25) is 0 Å². The maximum atomic E-state index is 6.55. The van der Waals surface area contributed by atoms with Crippen molar-refractivity contribution in [2.24, 2.45) is 0 Å². The fourth-order valence-corrected chi connectivity index (χ4v) is 9.74. The monoisotopic (exact) mass is 698 g/mol. The summed E-state index contributed by atoms with van der Waals surface area (Å²) in [7, 11) is 0. The Morgan fingerprint density at radius 2 is 1.00 bits per heavy atom. The van der Waals surface area contributed by atoms with Crippen molar-refractivity contribution >= 4 is 76.3 Å². The number of hydrogen-bond donors (Lipinski definition) is 0. The Bertz CT molecular complexity index is 3570. The second-order valence-corrected chi connectivity index (χ2v) is 14.8. The molecule has 3 aromatic heterocycles. The van der Waals surface area contributed by atoms with Crippen LogP contribution in [0.2, 0.25) is 0 Å². The summed E-state index contributed by atoms with van der Waals surface area (Å²) in [4.78, 5) is 0. The number of fused-ring (bicyclic) bond motifs is 14. The molecular weight excluding hydrogens is 669 g/mol. The van der Waals surface area contributed by atoms with Gasteiger partial charge < -0.3 is 13.6 Å². The van der Waals surface area contributed by atoms with Crippen LogP contribution in [-0.4, -0.2) is 9.13 Å². The van der Waals surface area contributed by atoms with E-state index < -0.39 is 0 Å². The molecule has 0 amide bonds. The van der Waals surface area contributed by atoms with Crippen LogP contribution in [0.4, 0.5) is 0 Å². The van der Waals surface area contributed by atoms with Gasteiger partial charge in [-0.15, -0.1) is 0 Å². The van der Waals surface area contributed by atoms with E-state index in [0.717, 1.165) is 33.3 Å². The van der Waals surface area contributed by atoms with E-state index >= 15 is 0 Å². The minimum atomic E-state index is 0.897. The summed E-state index contributed by atoms with van der Waals surface area (Å²) < 4.78 is 11.5. The number of nitrogens with zero attached hydrogens (tertiary/aromatic N) is 2. The molecule has 3 heterocycles. The van der Waals surface area contributed by atoms with Crippen LogP contribution in [0.15, 0.2) is 186 Å². The Labute approximate surface area is 315 Å². The quantitative estimate of drug-likeness (QED) is 0.180. The van der Waals surface area contributed by atoms with Crippen LogP contribution < -0.4 is 0 Å². The summed E-state index contributed by atoms with van der Waals surface area (Å²) in [5, 5.41) is 9.79. The van der Waals surface area contributed by atoms with Gasteiger partial charge in [0.25, 0.3) is 0 Å². The van der Waals surface area contributed by atoms with E-state index in [0.29, 0.717) is 0 Å². The first-order valence-corrected chi connectivity index (χ1v) is 18.9. The van der Waals surface area contributed by atoms with Gasteiger partial charge in [-0.25, -0.2) is 0 Å². The molecule has 0 saturated heterocycles. The molecule has 3 heteroatoms. The zero-order valence-corrected chi connectivity index (χ0v) is 29.6. The lowest BCUT2D eigenvalue weighted by Crippen LogP contribution is -1.96. The molecule has 0 unspecified atom stereocenters. The zero-order valence-electron chi connectivity index (χ0n) is 29.6. The van der Waals surface area contributed by atoms with Crippen LogP contribution in [0.5, 0.6) is 0 Å². The predicted octanol–water partition coefficient (Wildman–Crippen LogP) is 14.2. The van der Waals surface area contributed by atoms with E-state index in [4.69, 9.17) is 4.42 Å². The van der Waals surface area contributed by atoms with Gasteiger partial charge in [-0.1, -0.05) is 127 Å². The van der Waals surface area contributed by atoms with E-state index in [1.165, 1.54) is 87.8 Å². The lowest BCUT2D eigenvalue weighted by atomic mass is 10.0. The Kier molecular flexibility index (Phi) is 5.63. The molecule has 0 spiro atoms. The third kappa shape index (κ3) is 3.84. The third-order valence-electron chi connectivity index (χ3n) is 12.0. The molecule has 12 aromatic rings. The molecule has 254 valence electrons. The number of aromatic nitrogens is 2. The van der Waals surface area contributed by atoms with Crippen molar-refractivity contribution in [2.75, 3.05) is 0 Å². The molecule has 1 aliphatic carbocycles. The van der Waals surface area contributed by atoms with Gasteiger partial charge in [-0.3, -0.25) is 0 Å². The lowest BCUT2D eigenvalue weighted by Gasteiger charge is -2.13. The number of rotatable bonds is 3. The minimum Gasteiger partial charge on any atom is -0.456 e. The average molecular weight is 699 g/mol. The van der Waals surface area contributed by atoms with E-state index in [2.05, 4.69) is 191 Å². The fraction of sp³-hybridized carbons (Fsp3) is 0. The average Bonchev–Trinajstić information content (AvgIpc) is 3.98. The van der Waals surface area contributed by atoms with Crippen LogP contribution in [0.3, 0.4) is 0 Å². The number of benzene rings is 9. The molecule has 0 bridgehead atoms. The summed E-state index contributed by atoms with van der Waals surface area (Å²) in [6, 6.07) is 66.5. The summed E-state index contributed by atoms with van der Waals surface area (Å²) >= 11 is 0. The van der Waals surface area contributed by atoms with Crippen molar-refractivity contribution in [3.05, 3.63) is 182 Å². The van der Waals surface area contributed by atoms with Gasteiger partial charge in [0.05, 0.1) is 27.5 Å². The van der Waals surface area contributed by atoms with Crippen LogP contribution in [0, 0.1) is 0 Å². The highest BCUT2D eigenvalue weighted by Crippen LogP contribution is 2.50. The molecule has 3 nitrogen and oxygen atoms in total. The zero-order chi connectivity index (χ0) is 35.8. The van der Waals surface area contributed by atoms with E-state index in [-0.39, 0.29) is 0 Å². The summed E-state index contributed by atoms with van der Waals surface area (Å²) in [6.45, 7) is 0. The van der Waals surface area contributed by atoms with Crippen molar-refractivity contribution < 1.29 is 4.42 Å². The predicted molar refractivity (Wildman–Crippen MR) is 230 cm³/mol. The first-order chi connectivity index (χ1) is 27.3. The number of furan rings is 1. The van der Waals surface area contributed by atoms with Gasteiger partial charge in [0.1, 0.15) is 11.2 Å². The van der Waals surface area contributed by atoms with E-state index in [1.807, 2.05) is 0 Å². The van der Waals surface area contributed by atoms with Crippen molar-refractivity contribution in [1.29, 1.82) is 0 Å². The Hall–Kier alpha value is -7.36. The number of hydrogen-bond acceptors (Lipinski definition) is 1. The second kappa shape index (κ2) is 10.6. The molecular formula is C52H30N2O. The first kappa shape index (κ1) is 29.1. The summed E-state index contributed by atoms with van der Waals surface area (Å²) in [5.41, 5.74) is 16.4. The summed E-state index contributed by atoms with van der Waals surface area (Å²) in [5.74, 6) is 0. The molecule has 0 fully saturated rings. The topological polar surface area (TPSA) is 23.0 Å². The Balaban J connectivity index is 1.17. The van der Waals surface area contributed by atoms with Gasteiger partial charge in [0, 0.05) is 38.3 Å². The molecule has 0 atom stereocenters. The molecule has 55 heavy (non-hydrogen) atoms. The normalized spacial score (nSPS) is 12.4. The molecule has 0 aliphatic heterocycles. The third-order valence-corrected chi connectivity index (χ3v) is 12.0. The van der Waals surface area contributed by atoms with Gasteiger partial charge in [0.15, 0.2) is 0 Å². The number of para-hydroxylation sites is 2. The van der Waals surface area contributed by atoms with Crippen molar-refractivity contribution in [3.63, 3.8) is 0 Å². The minimum absolute atomic E-state index is 0.897. The smallest absolute Gasteiger partial charge is 0.137 e. The second-order valence-electron chi connectivity index (χ2n) is 14.8. The standard InChI is InChI=1S/C52H30N2O/c1-2-10-31(11-3-1)32-20-22-34(23-21-32)53-44-18-6-4-14-41(44)49-45(53)28-26-39-40-27-29-47-50(42-15-5-7-19-46(42)55-47)52(40)54(51(39)49)35-24-25-36-37-16-8-12-33-13-9-17-38(48(33)37)43(36)30-35/h1-30H. The molecule has 1 aliphatic rings. The van der Waals surface area contributed by atoms with Crippen LogP contribution in [0.25, 0.3) is 121 Å². The highest BCUT2D eigenvalue weighted by molar-refractivity contribution is 6.31. The van der Waals surface area contributed by atoms with Crippen LogP contribution >= 0.6 is 0 Å². The maximum Gasteiger partial charge on any atom is 0.137 e. The van der Waals surface area contributed by atoms with Crippen LogP contribution in [-0.2, 0) is 0 Å². The van der Waals surface area contributed by atoms with Crippen molar-refractivity contribution in [1.82, 2.24) is 9.13 Å². The van der Waals surface area contributed by atoms with Crippen molar-refractivity contribution in [2.45, 2.75) is 0 Å². The SMILES string of the molecule is c1ccc(-c2ccc(-n3c4ccccc4c4c3ccc3c5ccc6oc7ccccc7c6c5n(-c5ccc6c(c5)-c5cccc7cccc-6c57)c34)cc2)cc1. The fourth-order valence-electron chi connectivity index (χ4n) is 9.74. The van der Waals surface area contributed by atoms with E-state index in [1.54, 1.807) is 0 Å². The highest BCUT2D eigenvalue weighted by Gasteiger charge is 2.26. The first-order valence-electron chi connectivity index (χ1n) is 18.9. The molecule has 0 radical (unpaired) electrons. The van der Waals surface area contributed by atoms with E-state index in [9.17, 15) is 0 Å². The largest absolute Gasteiger partial charge is 0.456 e. The lowest BCUT2D eigenvalue weighted by molar-refractivity contribution is 0.669. The van der Waals surface area contributed by atoms with Gasteiger partial charge in [-0.2, -0.15) is 0 Å². The molecule has 13 rings (SSSR count). The van der Waals surface area contributed by atoms with Crippen LogP contribution in [0.1, 0.15) is 0 Å². The maximum absolute atomic E-state index is 6.55. The highest BCUT2D eigenvalue weighted by atomic mass is 16.3. The molecule has 9 aromatic carbocycles. The Morgan fingerprint density at radius 1 is 0.327 bits per heavy atom. The van der Waals surface area contributed by atoms with Gasteiger partial charge >= 0.3 is 0 Å². The summed E-state index contributed by atoms with van der Waals surface area (Å²) in [6.07, 6.45) is 0. The van der Waals surface area contributed by atoms with Crippen molar-refractivity contribution in [3.8, 4) is 44.8 Å². The molecule has 0 saturated carbocycles. The Morgan fingerprint density at radius 3 is 1.84 bits per heavy atom. The molecule has 0 N–H and O–H groups in total.